The van der Waals surface area contributed by atoms with Gasteiger partial charge >= 0.3 is 17.9 Å². The molecule has 0 saturated heterocycles. The van der Waals surface area contributed by atoms with Gasteiger partial charge in [0, 0.05) is 24.2 Å². The van der Waals surface area contributed by atoms with Crippen LogP contribution in [0.2, 0.25) is 0 Å². The van der Waals surface area contributed by atoms with E-state index in [0.717, 1.165) is 30.2 Å². The van der Waals surface area contributed by atoms with Crippen LogP contribution in [0.4, 0.5) is 0 Å². The standard InChI is InChI=1S/C31H46Br2O8/c1-23(34)19-26(13-8-5-9-17-32)39-30(36)21-27(14-10-18-33)40-31(37)22-28(41-29(35)20-24(2)38-3)16-15-25-11-6-4-7-12-25/h4,6-7,11-12,24,26-28H,5,8-10,13-22H2,1-3H3. The molecular formula is C31H46Br2O8. The molecular weight excluding hydrogens is 660 g/mol. The summed E-state index contributed by atoms with van der Waals surface area (Å²) < 4.78 is 22.2. The first kappa shape index (κ1) is 37.2. The molecule has 10 heteroatoms. The Morgan fingerprint density at radius 1 is 0.683 bits per heavy atom. The van der Waals surface area contributed by atoms with E-state index in [4.69, 9.17) is 18.9 Å². The van der Waals surface area contributed by atoms with Crippen LogP contribution in [-0.4, -0.2) is 65.9 Å². The van der Waals surface area contributed by atoms with Crippen LogP contribution in [0.15, 0.2) is 30.3 Å². The molecule has 0 spiro atoms. The largest absolute Gasteiger partial charge is 0.462 e. The minimum absolute atomic E-state index is 0.0402. The monoisotopic (exact) mass is 704 g/mol. The lowest BCUT2D eigenvalue weighted by Gasteiger charge is -2.22. The van der Waals surface area contributed by atoms with Gasteiger partial charge in [-0.25, -0.2) is 0 Å². The zero-order valence-electron chi connectivity index (χ0n) is 24.6. The maximum Gasteiger partial charge on any atom is 0.309 e. The van der Waals surface area contributed by atoms with Crippen LogP contribution in [0, 0.1) is 0 Å². The van der Waals surface area contributed by atoms with E-state index >= 15 is 0 Å². The quantitative estimate of drug-likeness (QED) is 0.0538. The normalized spacial score (nSPS) is 14.0. The van der Waals surface area contributed by atoms with E-state index in [1.54, 1.807) is 6.92 Å². The molecule has 0 aliphatic carbocycles. The molecule has 0 bridgehead atoms. The number of alkyl halides is 2. The van der Waals surface area contributed by atoms with Gasteiger partial charge in [-0.1, -0.05) is 68.6 Å². The average molecular weight is 707 g/mol. The van der Waals surface area contributed by atoms with Gasteiger partial charge in [0.05, 0.1) is 25.4 Å². The second kappa shape index (κ2) is 22.8. The van der Waals surface area contributed by atoms with Crippen molar-refractivity contribution in [1.29, 1.82) is 0 Å². The number of benzene rings is 1. The molecule has 232 valence electrons. The molecule has 1 aromatic carbocycles. The number of carbonyl (C=O) groups is 4. The molecule has 0 aliphatic heterocycles. The molecule has 41 heavy (non-hydrogen) atoms. The van der Waals surface area contributed by atoms with Gasteiger partial charge in [-0.3, -0.25) is 19.2 Å². The smallest absolute Gasteiger partial charge is 0.309 e. The van der Waals surface area contributed by atoms with Gasteiger partial charge < -0.3 is 18.9 Å². The number of unbranched alkanes of at least 4 members (excludes halogenated alkanes) is 2. The van der Waals surface area contributed by atoms with Crippen LogP contribution in [0.1, 0.15) is 90.0 Å². The summed E-state index contributed by atoms with van der Waals surface area (Å²) in [6.07, 6.45) is 3.54. The zero-order valence-corrected chi connectivity index (χ0v) is 27.8. The third kappa shape index (κ3) is 19.1. The summed E-state index contributed by atoms with van der Waals surface area (Å²) in [5.41, 5.74) is 1.07. The molecule has 0 amide bonds. The van der Waals surface area contributed by atoms with Gasteiger partial charge in [0.1, 0.15) is 24.1 Å². The Morgan fingerprint density at radius 2 is 1.20 bits per heavy atom. The van der Waals surface area contributed by atoms with Crippen LogP contribution in [0.5, 0.6) is 0 Å². The fraction of sp³-hybridized carbons (Fsp3) is 0.677. The van der Waals surface area contributed by atoms with Crippen molar-refractivity contribution in [3.8, 4) is 0 Å². The van der Waals surface area contributed by atoms with Gasteiger partial charge in [0.15, 0.2) is 0 Å². The summed E-state index contributed by atoms with van der Waals surface area (Å²) in [6.45, 7) is 3.25. The van der Waals surface area contributed by atoms with Crippen LogP contribution >= 0.6 is 31.9 Å². The number of methoxy groups -OCH3 is 1. The molecule has 8 nitrogen and oxygen atoms in total. The number of aryl methyl sites for hydroxylation is 1. The van der Waals surface area contributed by atoms with Crippen LogP contribution < -0.4 is 0 Å². The lowest BCUT2D eigenvalue weighted by molar-refractivity contribution is -0.162. The maximum atomic E-state index is 13.0. The van der Waals surface area contributed by atoms with Crippen LogP contribution in [-0.2, 0) is 44.5 Å². The number of Topliss-reactive ketones (excluding diaryl/α,β-unsaturated/α-hetero) is 1. The van der Waals surface area contributed by atoms with Gasteiger partial charge in [-0.05, 0) is 64.4 Å². The lowest BCUT2D eigenvalue weighted by Crippen LogP contribution is -2.29. The number of hydrogen-bond acceptors (Lipinski definition) is 8. The van der Waals surface area contributed by atoms with Crippen molar-refractivity contribution in [2.45, 2.75) is 115 Å². The van der Waals surface area contributed by atoms with E-state index in [1.165, 1.54) is 14.0 Å². The Hall–Kier alpha value is -1.78. The van der Waals surface area contributed by atoms with E-state index in [1.807, 2.05) is 30.3 Å². The number of esters is 3. The first-order valence-corrected chi connectivity index (χ1v) is 16.7. The fourth-order valence-electron chi connectivity index (χ4n) is 4.24. The molecule has 0 heterocycles. The summed E-state index contributed by atoms with van der Waals surface area (Å²) in [5.74, 6) is -1.53. The third-order valence-electron chi connectivity index (χ3n) is 6.47. The van der Waals surface area contributed by atoms with E-state index in [-0.39, 0.29) is 37.6 Å². The summed E-state index contributed by atoms with van der Waals surface area (Å²) in [4.78, 5) is 50.0. The van der Waals surface area contributed by atoms with Crippen molar-refractivity contribution in [3.63, 3.8) is 0 Å². The minimum atomic E-state index is -0.682. The van der Waals surface area contributed by atoms with Gasteiger partial charge in [0.2, 0.25) is 0 Å². The molecule has 0 aliphatic rings. The Balaban J connectivity index is 2.81. The summed E-state index contributed by atoms with van der Waals surface area (Å²) in [7, 11) is 1.52. The number of ketones is 1. The second-order valence-electron chi connectivity index (χ2n) is 10.3. The first-order valence-electron chi connectivity index (χ1n) is 14.4. The second-order valence-corrected chi connectivity index (χ2v) is 11.9. The van der Waals surface area contributed by atoms with Crippen LogP contribution in [0.3, 0.4) is 0 Å². The summed E-state index contributed by atoms with van der Waals surface area (Å²) in [6, 6.07) is 9.75. The molecule has 0 N–H and O–H groups in total. The SMILES string of the molecule is COC(C)CC(=O)OC(CCc1ccccc1)CC(=O)OC(CCCBr)CC(=O)OC(CCCCCBr)CC(C)=O. The maximum absolute atomic E-state index is 13.0. The van der Waals surface area contributed by atoms with Crippen molar-refractivity contribution in [1.82, 2.24) is 0 Å². The number of halogens is 2. The zero-order chi connectivity index (χ0) is 30.5. The molecule has 4 unspecified atom stereocenters. The van der Waals surface area contributed by atoms with E-state index in [0.29, 0.717) is 37.4 Å². The number of ether oxygens (including phenoxy) is 4. The molecule has 0 aromatic heterocycles. The molecule has 1 aromatic rings. The molecule has 1 rings (SSSR count). The highest BCUT2D eigenvalue weighted by molar-refractivity contribution is 9.09. The van der Waals surface area contributed by atoms with Gasteiger partial charge in [0.25, 0.3) is 0 Å². The highest BCUT2D eigenvalue weighted by Crippen LogP contribution is 2.18. The van der Waals surface area contributed by atoms with Crippen molar-refractivity contribution in [2.24, 2.45) is 0 Å². The molecule has 0 fully saturated rings. The average Bonchev–Trinajstić information content (AvgIpc) is 2.92. The first-order chi connectivity index (χ1) is 19.7. The van der Waals surface area contributed by atoms with Gasteiger partial charge in [-0.15, -0.1) is 0 Å². The molecule has 0 radical (unpaired) electrons. The van der Waals surface area contributed by atoms with Crippen molar-refractivity contribution in [3.05, 3.63) is 35.9 Å². The highest BCUT2D eigenvalue weighted by Gasteiger charge is 2.26. The van der Waals surface area contributed by atoms with E-state index in [9.17, 15) is 19.2 Å². The van der Waals surface area contributed by atoms with Gasteiger partial charge in [-0.2, -0.15) is 0 Å². The third-order valence-corrected chi connectivity index (χ3v) is 7.59. The van der Waals surface area contributed by atoms with Crippen LogP contribution in [0.25, 0.3) is 0 Å². The van der Waals surface area contributed by atoms with Crippen molar-refractivity contribution in [2.75, 3.05) is 17.8 Å². The summed E-state index contributed by atoms with van der Waals surface area (Å²) >= 11 is 6.80. The highest BCUT2D eigenvalue weighted by atomic mass is 79.9. The van der Waals surface area contributed by atoms with Crippen molar-refractivity contribution >= 4 is 55.6 Å². The Bertz CT molecular complexity index is 895. The predicted octanol–water partition coefficient (Wildman–Crippen LogP) is 6.67. The Morgan fingerprint density at radius 3 is 1.73 bits per heavy atom. The Kier molecular flexibility index (Phi) is 20.7. The molecule has 4 atom stereocenters. The number of rotatable bonds is 23. The van der Waals surface area contributed by atoms with E-state index in [2.05, 4.69) is 31.9 Å². The summed E-state index contributed by atoms with van der Waals surface area (Å²) in [5, 5.41) is 1.59. The predicted molar refractivity (Wildman–Crippen MR) is 165 cm³/mol. The minimum Gasteiger partial charge on any atom is -0.462 e. The van der Waals surface area contributed by atoms with Crippen molar-refractivity contribution < 1.29 is 38.1 Å². The topological polar surface area (TPSA) is 105 Å². The van der Waals surface area contributed by atoms with E-state index < -0.39 is 36.2 Å². The number of carbonyl (C=O) groups excluding carboxylic acids is 4. The molecule has 0 saturated carbocycles. The lowest BCUT2D eigenvalue weighted by atomic mass is 10.0. The fourth-order valence-corrected chi connectivity index (χ4v) is 4.96. The Labute approximate surface area is 261 Å². The number of hydrogen-bond donors (Lipinski definition) is 0.